The van der Waals surface area contributed by atoms with Crippen LogP contribution in [0.5, 0.6) is 0 Å². The zero-order valence-corrected chi connectivity index (χ0v) is 20.7. The van der Waals surface area contributed by atoms with Crippen LogP contribution in [-0.2, 0) is 16.0 Å². The highest BCUT2D eigenvalue weighted by atomic mass is 32.1. The summed E-state index contributed by atoms with van der Waals surface area (Å²) in [5, 5.41) is 19.0. The molecular weight excluding hydrogens is 410 g/mol. The molecule has 0 aliphatic heterocycles. The van der Waals surface area contributed by atoms with E-state index in [2.05, 4.69) is 38.3 Å². The van der Waals surface area contributed by atoms with Crippen LogP contribution < -0.4 is 10.6 Å². The van der Waals surface area contributed by atoms with Crippen molar-refractivity contribution in [3.8, 4) is 0 Å². The monoisotopic (exact) mass is 453 g/mol. The molecule has 1 rings (SSSR count). The van der Waals surface area contributed by atoms with Gasteiger partial charge in [-0.1, -0.05) is 33.8 Å². The third-order valence-corrected chi connectivity index (χ3v) is 6.10. The Morgan fingerprint density at radius 2 is 1.87 bits per heavy atom. The molecular formula is C24H43N3O3S. The summed E-state index contributed by atoms with van der Waals surface area (Å²) in [6.45, 7) is 11.3. The molecule has 1 aromatic heterocycles. The van der Waals surface area contributed by atoms with Crippen LogP contribution in [0.15, 0.2) is 17.5 Å². The lowest BCUT2D eigenvalue weighted by atomic mass is 10.0. The molecule has 3 N–H and O–H groups in total. The Morgan fingerprint density at radius 1 is 1.16 bits per heavy atom. The molecule has 0 aliphatic carbocycles. The van der Waals surface area contributed by atoms with Crippen LogP contribution in [0.25, 0.3) is 0 Å². The first-order valence-electron chi connectivity index (χ1n) is 11.9. The number of thiophene rings is 1. The SMILES string of the molecule is CCCN(CCC)C(=O)CCCC(=O)N[C@@H](Cc1cccs1)[C@H](O)CNCCC(C)C. The Labute approximate surface area is 192 Å². The Hall–Kier alpha value is -1.44. The summed E-state index contributed by atoms with van der Waals surface area (Å²) in [7, 11) is 0. The van der Waals surface area contributed by atoms with E-state index in [1.807, 2.05) is 22.4 Å². The highest BCUT2D eigenvalue weighted by molar-refractivity contribution is 7.09. The van der Waals surface area contributed by atoms with E-state index in [4.69, 9.17) is 0 Å². The summed E-state index contributed by atoms with van der Waals surface area (Å²) in [6.07, 6.45) is 4.10. The van der Waals surface area contributed by atoms with Gasteiger partial charge in [0.2, 0.25) is 11.8 Å². The molecule has 0 aromatic carbocycles. The van der Waals surface area contributed by atoms with E-state index in [1.54, 1.807) is 11.3 Å². The van der Waals surface area contributed by atoms with Crippen molar-refractivity contribution in [3.63, 3.8) is 0 Å². The zero-order chi connectivity index (χ0) is 23.1. The molecule has 0 radical (unpaired) electrons. The number of hydrogen-bond donors (Lipinski definition) is 3. The molecule has 0 saturated heterocycles. The average molecular weight is 454 g/mol. The third kappa shape index (κ3) is 12.2. The van der Waals surface area contributed by atoms with Gasteiger partial charge in [0.05, 0.1) is 12.1 Å². The van der Waals surface area contributed by atoms with Crippen molar-refractivity contribution < 1.29 is 14.7 Å². The highest BCUT2D eigenvalue weighted by Gasteiger charge is 2.22. The second-order valence-corrected chi connectivity index (χ2v) is 9.68. The van der Waals surface area contributed by atoms with Gasteiger partial charge in [-0.3, -0.25) is 9.59 Å². The maximum atomic E-state index is 12.5. The third-order valence-electron chi connectivity index (χ3n) is 5.20. The summed E-state index contributed by atoms with van der Waals surface area (Å²) >= 11 is 1.63. The topological polar surface area (TPSA) is 81.7 Å². The summed E-state index contributed by atoms with van der Waals surface area (Å²) in [5.41, 5.74) is 0. The summed E-state index contributed by atoms with van der Waals surface area (Å²) < 4.78 is 0. The molecule has 7 heteroatoms. The molecule has 0 fully saturated rings. The van der Waals surface area contributed by atoms with Gasteiger partial charge in [-0.05, 0) is 49.6 Å². The molecule has 178 valence electrons. The standard InChI is InChI=1S/C24H43N3O3S/c1-5-14-27(15-6-2)24(30)11-7-10-23(29)26-21(17-20-9-8-16-31-20)22(28)18-25-13-12-19(3)4/h8-9,16,19,21-22,25,28H,5-7,10-15,17-18H2,1-4H3,(H,26,29)/t21-,22+/m0/s1. The second kappa shape index (κ2) is 16.2. The predicted octanol–water partition coefficient (Wildman–Crippen LogP) is 3.59. The van der Waals surface area contributed by atoms with Crippen LogP contribution >= 0.6 is 11.3 Å². The first-order chi connectivity index (χ1) is 14.9. The fraction of sp³-hybridized carbons (Fsp3) is 0.750. The largest absolute Gasteiger partial charge is 0.390 e. The molecule has 2 amide bonds. The van der Waals surface area contributed by atoms with Crippen molar-refractivity contribution >= 4 is 23.2 Å². The molecule has 0 spiro atoms. The van der Waals surface area contributed by atoms with Crippen molar-refractivity contribution in [2.45, 2.75) is 84.8 Å². The number of aliphatic hydroxyl groups excluding tert-OH is 1. The van der Waals surface area contributed by atoms with E-state index in [9.17, 15) is 14.7 Å². The predicted molar refractivity (Wildman–Crippen MR) is 129 cm³/mol. The van der Waals surface area contributed by atoms with Gasteiger partial charge in [0.25, 0.3) is 0 Å². The lowest BCUT2D eigenvalue weighted by Crippen LogP contribution is -2.48. The lowest BCUT2D eigenvalue weighted by molar-refractivity contribution is -0.131. The van der Waals surface area contributed by atoms with Gasteiger partial charge in [0, 0.05) is 43.8 Å². The number of aliphatic hydroxyl groups is 1. The fourth-order valence-electron chi connectivity index (χ4n) is 3.45. The van der Waals surface area contributed by atoms with E-state index in [1.165, 1.54) is 0 Å². The molecule has 2 atom stereocenters. The Bertz CT molecular complexity index is 601. The van der Waals surface area contributed by atoms with Crippen molar-refractivity contribution in [2.24, 2.45) is 5.92 Å². The number of nitrogens with one attached hydrogen (secondary N) is 2. The molecule has 6 nitrogen and oxygen atoms in total. The molecule has 0 bridgehead atoms. The van der Waals surface area contributed by atoms with Crippen molar-refractivity contribution in [2.75, 3.05) is 26.2 Å². The maximum Gasteiger partial charge on any atom is 0.222 e. The Kier molecular flexibility index (Phi) is 14.4. The average Bonchev–Trinajstić information content (AvgIpc) is 3.23. The van der Waals surface area contributed by atoms with E-state index in [0.717, 1.165) is 43.8 Å². The molecule has 0 saturated carbocycles. The van der Waals surface area contributed by atoms with Crippen molar-refractivity contribution in [1.29, 1.82) is 0 Å². The summed E-state index contributed by atoms with van der Waals surface area (Å²) in [5.74, 6) is 0.633. The van der Waals surface area contributed by atoms with E-state index < -0.39 is 6.10 Å². The van der Waals surface area contributed by atoms with E-state index in [0.29, 0.717) is 38.1 Å². The number of rotatable bonds is 17. The second-order valence-electron chi connectivity index (χ2n) is 8.65. The zero-order valence-electron chi connectivity index (χ0n) is 19.9. The van der Waals surface area contributed by atoms with Crippen LogP contribution in [0.4, 0.5) is 0 Å². The number of nitrogens with zero attached hydrogens (tertiary/aromatic N) is 1. The summed E-state index contributed by atoms with van der Waals surface area (Å²) in [6, 6.07) is 3.66. The summed E-state index contributed by atoms with van der Waals surface area (Å²) in [4.78, 5) is 28.0. The number of hydrogen-bond acceptors (Lipinski definition) is 5. The first-order valence-corrected chi connectivity index (χ1v) is 12.7. The molecule has 31 heavy (non-hydrogen) atoms. The molecule has 1 heterocycles. The van der Waals surface area contributed by atoms with Crippen LogP contribution in [0.1, 0.15) is 71.1 Å². The minimum Gasteiger partial charge on any atom is -0.390 e. The van der Waals surface area contributed by atoms with Gasteiger partial charge >= 0.3 is 0 Å². The minimum absolute atomic E-state index is 0.104. The number of amides is 2. The minimum atomic E-state index is -0.663. The van der Waals surface area contributed by atoms with E-state index in [-0.39, 0.29) is 17.9 Å². The number of carbonyl (C=O) groups excluding carboxylic acids is 2. The van der Waals surface area contributed by atoms with E-state index >= 15 is 0 Å². The van der Waals surface area contributed by atoms with Gasteiger partial charge in [-0.2, -0.15) is 0 Å². The Balaban J connectivity index is 2.51. The van der Waals surface area contributed by atoms with Crippen LogP contribution in [0.3, 0.4) is 0 Å². The van der Waals surface area contributed by atoms with Gasteiger partial charge in [-0.15, -0.1) is 11.3 Å². The van der Waals surface area contributed by atoms with Gasteiger partial charge < -0.3 is 20.6 Å². The lowest BCUT2D eigenvalue weighted by Gasteiger charge is -2.25. The van der Waals surface area contributed by atoms with Crippen LogP contribution in [-0.4, -0.2) is 60.1 Å². The number of carbonyl (C=O) groups is 2. The highest BCUT2D eigenvalue weighted by Crippen LogP contribution is 2.13. The first kappa shape index (κ1) is 27.6. The van der Waals surface area contributed by atoms with Crippen molar-refractivity contribution in [3.05, 3.63) is 22.4 Å². The quantitative estimate of drug-likeness (QED) is 0.315. The fourth-order valence-corrected chi connectivity index (χ4v) is 4.21. The molecule has 1 aromatic rings. The smallest absolute Gasteiger partial charge is 0.222 e. The van der Waals surface area contributed by atoms with Crippen LogP contribution in [0, 0.1) is 5.92 Å². The van der Waals surface area contributed by atoms with Gasteiger partial charge in [0.1, 0.15) is 0 Å². The molecule has 0 unspecified atom stereocenters. The normalized spacial score (nSPS) is 13.2. The Morgan fingerprint density at radius 3 is 2.45 bits per heavy atom. The van der Waals surface area contributed by atoms with Gasteiger partial charge in [0.15, 0.2) is 0 Å². The van der Waals surface area contributed by atoms with Crippen LogP contribution in [0.2, 0.25) is 0 Å². The van der Waals surface area contributed by atoms with Crippen molar-refractivity contribution in [1.82, 2.24) is 15.5 Å². The maximum absolute atomic E-state index is 12.5. The van der Waals surface area contributed by atoms with Gasteiger partial charge in [-0.25, -0.2) is 0 Å². The molecule has 0 aliphatic rings.